The molecule has 1 aromatic heterocycles. The van der Waals surface area contributed by atoms with Crippen LogP contribution >= 0.6 is 11.6 Å². The lowest BCUT2D eigenvalue weighted by molar-refractivity contribution is 0.980. The first-order valence-corrected chi connectivity index (χ1v) is 6.60. The van der Waals surface area contributed by atoms with Gasteiger partial charge in [-0.05, 0) is 30.2 Å². The van der Waals surface area contributed by atoms with Gasteiger partial charge in [-0.15, -0.1) is 0 Å². The van der Waals surface area contributed by atoms with Crippen molar-refractivity contribution in [3.8, 4) is 0 Å². The van der Waals surface area contributed by atoms with E-state index in [0.717, 1.165) is 11.3 Å². The summed E-state index contributed by atoms with van der Waals surface area (Å²) in [6.45, 7) is 2.64. The Kier molecular flexibility index (Phi) is 4.29. The van der Waals surface area contributed by atoms with E-state index in [2.05, 4.69) is 45.5 Å². The van der Waals surface area contributed by atoms with Gasteiger partial charge in [0, 0.05) is 26.3 Å². The van der Waals surface area contributed by atoms with Gasteiger partial charge in [-0.25, -0.2) is 5.10 Å². The number of halogens is 1. The Balaban J connectivity index is 2.15. The zero-order chi connectivity index (χ0) is 14.7. The third-order valence-corrected chi connectivity index (χ3v) is 3.48. The molecule has 0 spiro atoms. The standard InChI is InChI=1S/C14H17ClN4O/c1-9-6-11(19(2)3)5-4-10(9)7-16-12-8-17-18-14(20)13(12)15/h4-6,8H,7H2,1-3H3,(H2,16,18,20). The van der Waals surface area contributed by atoms with Gasteiger partial charge in [-0.1, -0.05) is 17.7 Å². The molecule has 0 aliphatic carbocycles. The summed E-state index contributed by atoms with van der Waals surface area (Å²) < 4.78 is 0. The SMILES string of the molecule is Cc1cc(N(C)C)ccc1CNc1cn[nH]c(=O)c1Cl. The van der Waals surface area contributed by atoms with E-state index in [1.54, 1.807) is 0 Å². The minimum absolute atomic E-state index is 0.127. The third kappa shape index (κ3) is 3.11. The van der Waals surface area contributed by atoms with Crippen molar-refractivity contribution in [2.24, 2.45) is 0 Å². The molecule has 2 rings (SSSR count). The molecule has 1 aromatic carbocycles. The lowest BCUT2D eigenvalue weighted by Gasteiger charge is -2.15. The third-order valence-electron chi connectivity index (χ3n) is 3.11. The quantitative estimate of drug-likeness (QED) is 0.908. The number of rotatable bonds is 4. The van der Waals surface area contributed by atoms with Crippen LogP contribution in [0.5, 0.6) is 0 Å². The van der Waals surface area contributed by atoms with Gasteiger partial charge in [0.2, 0.25) is 0 Å². The normalized spacial score (nSPS) is 10.4. The van der Waals surface area contributed by atoms with Gasteiger partial charge in [0.25, 0.3) is 5.56 Å². The van der Waals surface area contributed by atoms with Gasteiger partial charge in [0.1, 0.15) is 5.02 Å². The van der Waals surface area contributed by atoms with Crippen molar-refractivity contribution in [1.29, 1.82) is 0 Å². The van der Waals surface area contributed by atoms with Crippen LogP contribution in [0.1, 0.15) is 11.1 Å². The second-order valence-corrected chi connectivity index (χ2v) is 5.16. The maximum atomic E-state index is 11.3. The van der Waals surface area contributed by atoms with Crippen LogP contribution in [0.2, 0.25) is 5.02 Å². The van der Waals surface area contributed by atoms with E-state index < -0.39 is 5.56 Å². The van der Waals surface area contributed by atoms with Crippen LogP contribution in [-0.4, -0.2) is 24.3 Å². The number of aromatic amines is 1. The molecule has 6 heteroatoms. The summed E-state index contributed by atoms with van der Waals surface area (Å²) in [6.07, 6.45) is 1.51. The van der Waals surface area contributed by atoms with Gasteiger partial charge >= 0.3 is 0 Å². The highest BCUT2D eigenvalue weighted by Gasteiger charge is 2.06. The Morgan fingerprint density at radius 3 is 2.80 bits per heavy atom. The molecule has 2 N–H and O–H groups in total. The van der Waals surface area contributed by atoms with E-state index in [1.165, 1.54) is 11.8 Å². The number of aryl methyl sites for hydroxylation is 1. The van der Waals surface area contributed by atoms with Crippen molar-refractivity contribution >= 4 is 23.0 Å². The second kappa shape index (κ2) is 5.96. The first-order valence-electron chi connectivity index (χ1n) is 6.23. The molecule has 0 fully saturated rings. The molecule has 0 atom stereocenters. The Morgan fingerprint density at radius 2 is 2.15 bits per heavy atom. The summed E-state index contributed by atoms with van der Waals surface area (Å²) in [7, 11) is 4.02. The molecule has 0 bridgehead atoms. The number of nitrogens with zero attached hydrogens (tertiary/aromatic N) is 2. The van der Waals surface area contributed by atoms with Crippen LogP contribution < -0.4 is 15.8 Å². The molecule has 0 aliphatic heterocycles. The van der Waals surface area contributed by atoms with Gasteiger partial charge in [0.15, 0.2) is 0 Å². The van der Waals surface area contributed by atoms with E-state index in [0.29, 0.717) is 12.2 Å². The predicted molar refractivity (Wildman–Crippen MR) is 82.7 cm³/mol. The van der Waals surface area contributed by atoms with Crippen LogP contribution in [0.3, 0.4) is 0 Å². The van der Waals surface area contributed by atoms with Gasteiger partial charge in [-0.3, -0.25) is 4.79 Å². The number of benzene rings is 1. The molecule has 20 heavy (non-hydrogen) atoms. The van der Waals surface area contributed by atoms with Crippen molar-refractivity contribution in [2.75, 3.05) is 24.3 Å². The first-order chi connectivity index (χ1) is 9.49. The van der Waals surface area contributed by atoms with Crippen LogP contribution in [-0.2, 0) is 6.54 Å². The molecule has 0 radical (unpaired) electrons. The highest BCUT2D eigenvalue weighted by molar-refractivity contribution is 6.32. The fraction of sp³-hybridized carbons (Fsp3) is 0.286. The minimum atomic E-state index is -0.392. The van der Waals surface area contributed by atoms with E-state index >= 15 is 0 Å². The summed E-state index contributed by atoms with van der Waals surface area (Å²) in [5.74, 6) is 0. The number of hydrogen-bond donors (Lipinski definition) is 2. The molecule has 0 aliphatic rings. The molecule has 0 amide bonds. The average Bonchev–Trinajstić information content (AvgIpc) is 2.41. The Bertz CT molecular complexity index is 666. The topological polar surface area (TPSA) is 61.0 Å². The Morgan fingerprint density at radius 1 is 1.40 bits per heavy atom. The molecule has 0 saturated carbocycles. The van der Waals surface area contributed by atoms with Gasteiger partial charge in [0.05, 0.1) is 11.9 Å². The minimum Gasteiger partial charge on any atom is -0.378 e. The van der Waals surface area contributed by atoms with Crippen LogP contribution in [0.4, 0.5) is 11.4 Å². The van der Waals surface area contributed by atoms with Gasteiger partial charge < -0.3 is 10.2 Å². The second-order valence-electron chi connectivity index (χ2n) is 4.79. The largest absolute Gasteiger partial charge is 0.378 e. The smallest absolute Gasteiger partial charge is 0.285 e. The summed E-state index contributed by atoms with van der Waals surface area (Å²) >= 11 is 5.91. The molecule has 106 valence electrons. The van der Waals surface area contributed by atoms with E-state index in [-0.39, 0.29) is 5.02 Å². The highest BCUT2D eigenvalue weighted by Crippen LogP contribution is 2.20. The van der Waals surface area contributed by atoms with Crippen molar-refractivity contribution in [1.82, 2.24) is 10.2 Å². The predicted octanol–water partition coefficient (Wildman–Crippen LogP) is 2.41. The maximum absolute atomic E-state index is 11.3. The number of hydrogen-bond acceptors (Lipinski definition) is 4. The number of anilines is 2. The zero-order valence-electron chi connectivity index (χ0n) is 11.7. The van der Waals surface area contributed by atoms with Crippen LogP contribution in [0, 0.1) is 6.92 Å². The van der Waals surface area contributed by atoms with E-state index in [4.69, 9.17) is 11.6 Å². The summed E-state index contributed by atoms with van der Waals surface area (Å²) in [5, 5.41) is 9.27. The molecule has 5 nitrogen and oxygen atoms in total. The van der Waals surface area contributed by atoms with Crippen LogP contribution in [0.15, 0.2) is 29.2 Å². The lowest BCUT2D eigenvalue weighted by Crippen LogP contribution is -2.12. The van der Waals surface area contributed by atoms with Gasteiger partial charge in [-0.2, -0.15) is 5.10 Å². The van der Waals surface area contributed by atoms with Crippen molar-refractivity contribution in [3.63, 3.8) is 0 Å². The number of aromatic nitrogens is 2. The maximum Gasteiger partial charge on any atom is 0.285 e. The van der Waals surface area contributed by atoms with E-state index in [1.807, 2.05) is 14.1 Å². The molecule has 2 aromatic rings. The van der Waals surface area contributed by atoms with E-state index in [9.17, 15) is 4.79 Å². The van der Waals surface area contributed by atoms with Crippen molar-refractivity contribution < 1.29 is 0 Å². The molecule has 1 heterocycles. The Hall–Kier alpha value is -2.01. The van der Waals surface area contributed by atoms with Crippen molar-refractivity contribution in [2.45, 2.75) is 13.5 Å². The first kappa shape index (κ1) is 14.4. The molecule has 0 saturated heterocycles. The highest BCUT2D eigenvalue weighted by atomic mass is 35.5. The number of H-pyrrole nitrogens is 1. The monoisotopic (exact) mass is 292 g/mol. The van der Waals surface area contributed by atoms with Crippen molar-refractivity contribution in [3.05, 3.63) is 50.9 Å². The molecular formula is C14H17ClN4O. The molecule has 0 unspecified atom stereocenters. The molecular weight excluding hydrogens is 276 g/mol. The number of nitrogens with one attached hydrogen (secondary N) is 2. The zero-order valence-corrected chi connectivity index (χ0v) is 12.5. The van der Waals surface area contributed by atoms with Crippen LogP contribution in [0.25, 0.3) is 0 Å². The Labute approximate surface area is 122 Å². The fourth-order valence-corrected chi connectivity index (χ4v) is 2.01. The average molecular weight is 293 g/mol. The summed E-state index contributed by atoms with van der Waals surface area (Å²) in [6, 6.07) is 6.24. The summed E-state index contributed by atoms with van der Waals surface area (Å²) in [5.41, 5.74) is 3.62. The fourth-order valence-electron chi connectivity index (χ4n) is 1.85. The summed E-state index contributed by atoms with van der Waals surface area (Å²) in [4.78, 5) is 13.4. The lowest BCUT2D eigenvalue weighted by atomic mass is 10.1.